The van der Waals surface area contributed by atoms with E-state index in [2.05, 4.69) is 10.5 Å². The Morgan fingerprint density at radius 2 is 1.76 bits per heavy atom. The third-order valence-corrected chi connectivity index (χ3v) is 6.13. The first-order chi connectivity index (χ1) is 15.7. The van der Waals surface area contributed by atoms with Crippen LogP contribution in [0.25, 0.3) is 0 Å². The van der Waals surface area contributed by atoms with E-state index in [1.807, 2.05) is 6.92 Å². The lowest BCUT2D eigenvalue weighted by molar-refractivity contribution is 0.0955. The number of ether oxygens (including phenoxy) is 1. The molecular weight excluding hydrogens is 487 g/mol. The number of carbonyl (C=O) groups excluding carboxylic acids is 1. The van der Waals surface area contributed by atoms with Gasteiger partial charge in [0.15, 0.2) is 11.5 Å². The van der Waals surface area contributed by atoms with Crippen LogP contribution in [0.3, 0.4) is 0 Å². The van der Waals surface area contributed by atoms with Crippen molar-refractivity contribution in [3.63, 3.8) is 0 Å². The number of hydrazone groups is 1. The molecule has 0 aromatic heterocycles. The minimum absolute atomic E-state index is 0.0322. The van der Waals surface area contributed by atoms with Crippen molar-refractivity contribution in [1.29, 1.82) is 0 Å². The summed E-state index contributed by atoms with van der Waals surface area (Å²) in [4.78, 5) is 12.3. The number of hydrogen-bond donors (Lipinski definition) is 1. The van der Waals surface area contributed by atoms with Gasteiger partial charge in [0.05, 0.1) is 23.4 Å². The average molecular weight is 507 g/mol. The van der Waals surface area contributed by atoms with E-state index in [0.717, 1.165) is 5.56 Å². The van der Waals surface area contributed by atoms with Crippen molar-refractivity contribution in [3.05, 3.63) is 87.4 Å². The summed E-state index contributed by atoms with van der Waals surface area (Å²) < 4.78 is 36.1. The summed E-state index contributed by atoms with van der Waals surface area (Å²) in [5.41, 5.74) is 4.07. The van der Waals surface area contributed by atoms with Crippen molar-refractivity contribution in [3.8, 4) is 11.5 Å². The molecule has 1 amide bonds. The number of benzene rings is 3. The van der Waals surface area contributed by atoms with Gasteiger partial charge in [-0.25, -0.2) is 5.43 Å². The van der Waals surface area contributed by atoms with E-state index in [0.29, 0.717) is 10.6 Å². The Hall–Kier alpha value is -3.07. The molecule has 1 N–H and O–H groups in total. The summed E-state index contributed by atoms with van der Waals surface area (Å²) in [6, 6.07) is 15.4. The van der Waals surface area contributed by atoms with Gasteiger partial charge in [-0.2, -0.15) is 13.5 Å². The lowest BCUT2D eigenvalue weighted by Crippen LogP contribution is -2.18. The van der Waals surface area contributed by atoms with Crippen molar-refractivity contribution in [1.82, 2.24) is 5.43 Å². The first kappa shape index (κ1) is 24.6. The first-order valence-corrected chi connectivity index (χ1v) is 11.9. The molecule has 172 valence electrons. The maximum atomic E-state index is 12.6. The molecule has 0 radical (unpaired) electrons. The SMILES string of the molecule is CCOc1cc(/C=N\NC(=O)c2ccc(Cl)cc2Cl)ccc1OS(=O)(=O)c1ccc(C)cc1. The highest BCUT2D eigenvalue weighted by molar-refractivity contribution is 7.87. The van der Waals surface area contributed by atoms with Crippen molar-refractivity contribution >= 4 is 45.4 Å². The molecule has 0 unspecified atom stereocenters. The zero-order valence-electron chi connectivity index (χ0n) is 17.7. The summed E-state index contributed by atoms with van der Waals surface area (Å²) in [6.45, 7) is 3.90. The number of nitrogens with zero attached hydrogens (tertiary/aromatic N) is 1. The van der Waals surface area contributed by atoms with Crippen molar-refractivity contribution in [2.45, 2.75) is 18.7 Å². The van der Waals surface area contributed by atoms with E-state index >= 15 is 0 Å². The van der Waals surface area contributed by atoms with Crippen LogP contribution in [0, 0.1) is 6.92 Å². The van der Waals surface area contributed by atoms with Crippen LogP contribution in [0.5, 0.6) is 11.5 Å². The standard InChI is InChI=1S/C23H20Cl2N2O5S/c1-3-31-22-12-16(14-26-27-23(28)19-10-7-17(24)13-20(19)25)6-11-21(22)32-33(29,30)18-8-4-15(2)5-9-18/h4-14H,3H2,1-2H3,(H,27,28)/b26-14-. The normalized spacial score (nSPS) is 11.4. The molecule has 0 fully saturated rings. The van der Waals surface area contributed by atoms with Crippen LogP contribution in [0.15, 0.2) is 70.7 Å². The number of nitrogens with one attached hydrogen (secondary N) is 1. The van der Waals surface area contributed by atoms with Crippen molar-refractivity contribution in [2.24, 2.45) is 5.10 Å². The lowest BCUT2D eigenvalue weighted by atomic mass is 10.2. The second kappa shape index (κ2) is 10.7. The Balaban J connectivity index is 1.76. The number of rotatable bonds is 8. The van der Waals surface area contributed by atoms with E-state index in [9.17, 15) is 13.2 Å². The van der Waals surface area contributed by atoms with Gasteiger partial charge in [0.1, 0.15) is 4.90 Å². The minimum atomic E-state index is -4.04. The number of halogens is 2. The van der Waals surface area contributed by atoms with E-state index in [1.54, 1.807) is 37.3 Å². The number of aryl methyl sites for hydroxylation is 1. The van der Waals surface area contributed by atoms with E-state index in [4.69, 9.17) is 32.1 Å². The first-order valence-electron chi connectivity index (χ1n) is 9.76. The topological polar surface area (TPSA) is 94.1 Å². The molecule has 0 saturated carbocycles. The molecule has 3 aromatic carbocycles. The Morgan fingerprint density at radius 1 is 1.03 bits per heavy atom. The van der Waals surface area contributed by atoms with Crippen LogP contribution in [-0.2, 0) is 10.1 Å². The van der Waals surface area contributed by atoms with Crippen LogP contribution in [0.4, 0.5) is 0 Å². The summed E-state index contributed by atoms with van der Waals surface area (Å²) in [5, 5.41) is 4.52. The quantitative estimate of drug-likeness (QED) is 0.256. The fraction of sp³-hybridized carbons (Fsp3) is 0.130. The molecule has 0 aliphatic rings. The summed E-state index contributed by atoms with van der Waals surface area (Å²) >= 11 is 11.9. The molecule has 3 rings (SSSR count). The fourth-order valence-corrected chi connectivity index (χ4v) is 4.15. The number of carbonyl (C=O) groups is 1. The van der Waals surface area contributed by atoms with Crippen molar-refractivity contribution in [2.75, 3.05) is 6.61 Å². The van der Waals surface area contributed by atoms with Gasteiger partial charge in [0, 0.05) is 5.02 Å². The summed E-state index contributed by atoms with van der Waals surface area (Å²) in [5.74, 6) is -0.266. The predicted octanol–water partition coefficient (Wildman–Crippen LogP) is 5.23. The third-order valence-electron chi connectivity index (χ3n) is 4.33. The van der Waals surface area contributed by atoms with Gasteiger partial charge in [0.25, 0.3) is 5.91 Å². The van der Waals surface area contributed by atoms with Crippen LogP contribution >= 0.6 is 23.2 Å². The molecule has 3 aromatic rings. The Bertz CT molecular complexity index is 1290. The highest BCUT2D eigenvalue weighted by atomic mass is 35.5. The van der Waals surface area contributed by atoms with E-state index in [1.165, 1.54) is 36.5 Å². The zero-order valence-corrected chi connectivity index (χ0v) is 20.0. The fourth-order valence-electron chi connectivity index (χ4n) is 2.71. The highest BCUT2D eigenvalue weighted by Gasteiger charge is 2.19. The monoisotopic (exact) mass is 506 g/mol. The molecule has 0 aliphatic heterocycles. The van der Waals surface area contributed by atoms with Crippen molar-refractivity contribution < 1.29 is 22.1 Å². The average Bonchev–Trinajstić information content (AvgIpc) is 2.75. The Kier molecular flexibility index (Phi) is 7.97. The third kappa shape index (κ3) is 6.47. The van der Waals surface area contributed by atoms with Gasteiger partial charge in [-0.15, -0.1) is 0 Å². The zero-order chi connectivity index (χ0) is 24.0. The van der Waals surface area contributed by atoms with Crippen LogP contribution in [0.2, 0.25) is 10.0 Å². The van der Waals surface area contributed by atoms with Gasteiger partial charge in [-0.3, -0.25) is 4.79 Å². The van der Waals surface area contributed by atoms with Crippen LogP contribution in [0.1, 0.15) is 28.4 Å². The maximum Gasteiger partial charge on any atom is 0.339 e. The summed E-state index contributed by atoms with van der Waals surface area (Å²) in [6.07, 6.45) is 1.38. The molecular formula is C23H20Cl2N2O5S. The predicted molar refractivity (Wildman–Crippen MR) is 128 cm³/mol. The molecule has 0 bridgehead atoms. The molecule has 0 saturated heterocycles. The molecule has 10 heteroatoms. The molecule has 0 atom stereocenters. The number of hydrogen-bond acceptors (Lipinski definition) is 6. The molecule has 33 heavy (non-hydrogen) atoms. The molecule has 7 nitrogen and oxygen atoms in total. The van der Waals surface area contributed by atoms with Gasteiger partial charge in [-0.05, 0) is 67.9 Å². The van der Waals surface area contributed by atoms with Gasteiger partial charge in [-0.1, -0.05) is 40.9 Å². The molecule has 0 spiro atoms. The Labute approximate surface area is 202 Å². The second-order valence-electron chi connectivity index (χ2n) is 6.81. The summed E-state index contributed by atoms with van der Waals surface area (Å²) in [7, 11) is -4.04. The molecule has 0 heterocycles. The Morgan fingerprint density at radius 3 is 2.42 bits per heavy atom. The minimum Gasteiger partial charge on any atom is -0.490 e. The lowest BCUT2D eigenvalue weighted by Gasteiger charge is -2.12. The largest absolute Gasteiger partial charge is 0.490 e. The van der Waals surface area contributed by atoms with E-state index < -0.39 is 16.0 Å². The second-order valence-corrected chi connectivity index (χ2v) is 9.20. The molecule has 0 aliphatic carbocycles. The highest BCUT2D eigenvalue weighted by Crippen LogP contribution is 2.31. The van der Waals surface area contributed by atoms with Gasteiger partial charge in [0.2, 0.25) is 0 Å². The smallest absolute Gasteiger partial charge is 0.339 e. The maximum absolute atomic E-state index is 12.6. The number of amides is 1. The van der Waals surface area contributed by atoms with E-state index in [-0.39, 0.29) is 33.6 Å². The van der Waals surface area contributed by atoms with Crippen LogP contribution in [-0.4, -0.2) is 27.1 Å². The van der Waals surface area contributed by atoms with Crippen LogP contribution < -0.4 is 14.3 Å². The van der Waals surface area contributed by atoms with Gasteiger partial charge < -0.3 is 8.92 Å². The van der Waals surface area contributed by atoms with Gasteiger partial charge >= 0.3 is 10.1 Å².